The van der Waals surface area contributed by atoms with E-state index in [1.165, 1.54) is 6.07 Å². The lowest BCUT2D eigenvalue weighted by molar-refractivity contribution is 0.623. The lowest BCUT2D eigenvalue weighted by Crippen LogP contribution is -2.32. The molecule has 0 spiro atoms. The van der Waals surface area contributed by atoms with E-state index in [0.29, 0.717) is 15.6 Å². The molecular weight excluding hydrogens is 427 g/mol. The molecule has 1 aromatic carbocycles. The predicted molar refractivity (Wildman–Crippen MR) is 98.5 cm³/mol. The van der Waals surface area contributed by atoms with Crippen LogP contribution in [0.4, 0.5) is 21.7 Å². The molecule has 130 valence electrons. The molecule has 0 saturated carbocycles. The number of pyridine rings is 1. The molecule has 1 aliphatic rings. The third-order valence-electron chi connectivity index (χ3n) is 3.68. The summed E-state index contributed by atoms with van der Waals surface area (Å²) in [6, 6.07) is 3.82. The maximum absolute atomic E-state index is 14.1. The first-order chi connectivity index (χ1) is 12.4. The van der Waals surface area contributed by atoms with Gasteiger partial charge in [-0.25, -0.2) is 14.4 Å². The summed E-state index contributed by atoms with van der Waals surface area (Å²) in [5.74, 6) is -0.448. The summed E-state index contributed by atoms with van der Waals surface area (Å²) in [7, 11) is 0. The van der Waals surface area contributed by atoms with E-state index in [2.05, 4.69) is 36.5 Å². The van der Waals surface area contributed by atoms with Gasteiger partial charge in [0.05, 0.1) is 10.7 Å². The van der Waals surface area contributed by atoms with Crippen LogP contribution in [0.3, 0.4) is 0 Å². The van der Waals surface area contributed by atoms with Gasteiger partial charge in [0.15, 0.2) is 6.19 Å². The highest BCUT2D eigenvalue weighted by molar-refractivity contribution is 9.10. The van der Waals surface area contributed by atoms with Crippen LogP contribution in [-0.2, 0) is 0 Å². The van der Waals surface area contributed by atoms with E-state index in [-0.39, 0.29) is 33.9 Å². The first-order valence-corrected chi connectivity index (χ1v) is 8.17. The van der Waals surface area contributed by atoms with Gasteiger partial charge in [-0.3, -0.25) is 5.32 Å². The number of nitriles is 2. The van der Waals surface area contributed by atoms with Gasteiger partial charge in [0.25, 0.3) is 0 Å². The molecular formula is C15H9BrClFN8. The van der Waals surface area contributed by atoms with Crippen LogP contribution in [0.1, 0.15) is 22.7 Å². The number of nitrogen functional groups attached to an aromatic ring is 2. The van der Waals surface area contributed by atoms with Crippen LogP contribution in [0.5, 0.6) is 0 Å². The lowest BCUT2D eigenvalue weighted by atomic mass is 9.95. The molecule has 8 nitrogen and oxygen atoms in total. The number of aliphatic imine (C=N–C) groups is 1. The third kappa shape index (κ3) is 2.86. The Balaban J connectivity index is 2.28. The van der Waals surface area contributed by atoms with Crippen molar-refractivity contribution in [3.63, 3.8) is 0 Å². The fraction of sp³-hybridized carbons (Fsp3) is 0.0667. The summed E-state index contributed by atoms with van der Waals surface area (Å²) >= 11 is 9.03. The molecule has 0 bridgehead atoms. The van der Waals surface area contributed by atoms with E-state index < -0.39 is 11.9 Å². The Morgan fingerprint density at radius 1 is 1.35 bits per heavy atom. The Morgan fingerprint density at radius 2 is 2.08 bits per heavy atom. The van der Waals surface area contributed by atoms with Crippen molar-refractivity contribution in [2.75, 3.05) is 16.8 Å². The van der Waals surface area contributed by atoms with E-state index in [0.717, 1.165) is 0 Å². The number of aromatic nitrogens is 1. The van der Waals surface area contributed by atoms with Gasteiger partial charge < -0.3 is 16.8 Å². The van der Waals surface area contributed by atoms with Crippen LogP contribution in [0, 0.1) is 28.6 Å². The SMILES string of the molecule is N#CNC1=NC(c2cc(F)c(Cl)c(Br)c2)c2c(nc(N)c(C#N)c2N)N1. The Hall–Kier alpha value is -3.08. The standard InChI is InChI=1S/C15H9BrClFN8/c16-7-1-5(2-8(18)10(7)17)12-9-11(21)6(3-19)13(22)25-14(9)26-15(24-12)23-4-20/h1-2,12H,(H6,21,22,23,24,25,26). The molecule has 0 saturated heterocycles. The zero-order valence-corrected chi connectivity index (χ0v) is 15.2. The summed E-state index contributed by atoms with van der Waals surface area (Å²) in [5, 5.41) is 23.2. The molecule has 6 N–H and O–H groups in total. The van der Waals surface area contributed by atoms with Crippen molar-refractivity contribution in [1.29, 1.82) is 10.5 Å². The zero-order valence-electron chi connectivity index (χ0n) is 12.8. The van der Waals surface area contributed by atoms with Crippen LogP contribution in [0.2, 0.25) is 5.02 Å². The number of guanidine groups is 1. The number of rotatable bonds is 1. The first kappa shape index (κ1) is 17.7. The number of halogens is 3. The van der Waals surface area contributed by atoms with Crippen molar-refractivity contribution >= 4 is 50.8 Å². The van der Waals surface area contributed by atoms with Crippen LogP contribution in [0.15, 0.2) is 21.6 Å². The molecule has 1 aliphatic heterocycles. The van der Waals surface area contributed by atoms with Gasteiger partial charge in [-0.15, -0.1) is 0 Å². The van der Waals surface area contributed by atoms with E-state index in [1.807, 2.05) is 6.07 Å². The normalized spacial score (nSPS) is 15.1. The average molecular weight is 436 g/mol. The maximum Gasteiger partial charge on any atom is 0.211 e. The second-order valence-corrected chi connectivity index (χ2v) is 6.43. The van der Waals surface area contributed by atoms with Crippen LogP contribution in [0.25, 0.3) is 0 Å². The number of anilines is 3. The van der Waals surface area contributed by atoms with Crippen LogP contribution >= 0.6 is 27.5 Å². The Bertz CT molecular complexity index is 1020. The molecule has 2 aromatic rings. The molecule has 0 aliphatic carbocycles. The van der Waals surface area contributed by atoms with Crippen LogP contribution < -0.4 is 22.1 Å². The summed E-state index contributed by atoms with van der Waals surface area (Å²) < 4.78 is 14.4. The molecule has 11 heteroatoms. The highest BCUT2D eigenvalue weighted by atomic mass is 79.9. The minimum Gasteiger partial charge on any atom is -0.397 e. The molecule has 1 unspecified atom stereocenters. The van der Waals surface area contributed by atoms with Crippen molar-refractivity contribution in [2.45, 2.75) is 6.04 Å². The minimum absolute atomic E-state index is 0.00376. The lowest BCUT2D eigenvalue weighted by Gasteiger charge is -2.26. The van der Waals surface area contributed by atoms with Gasteiger partial charge >= 0.3 is 0 Å². The highest BCUT2D eigenvalue weighted by Crippen LogP contribution is 2.42. The molecule has 2 heterocycles. The fourth-order valence-electron chi connectivity index (χ4n) is 2.56. The Kier molecular flexibility index (Phi) is 4.55. The largest absolute Gasteiger partial charge is 0.397 e. The van der Waals surface area contributed by atoms with E-state index in [1.54, 1.807) is 12.3 Å². The predicted octanol–water partition coefficient (Wildman–Crippen LogP) is 2.61. The second-order valence-electron chi connectivity index (χ2n) is 5.20. The van der Waals surface area contributed by atoms with Gasteiger partial charge in [0, 0.05) is 10.0 Å². The zero-order chi connectivity index (χ0) is 19.0. The first-order valence-electron chi connectivity index (χ1n) is 7.00. The number of nitrogens with one attached hydrogen (secondary N) is 2. The van der Waals surface area contributed by atoms with Crippen LogP contribution in [-0.4, -0.2) is 10.9 Å². The number of fused-ring (bicyclic) bond motifs is 1. The minimum atomic E-state index is -0.842. The van der Waals surface area contributed by atoms with E-state index >= 15 is 0 Å². The van der Waals surface area contributed by atoms with E-state index in [9.17, 15) is 9.65 Å². The number of nitrogens with zero attached hydrogens (tertiary/aromatic N) is 4. The molecule has 1 aromatic heterocycles. The van der Waals surface area contributed by atoms with Crippen molar-refractivity contribution in [3.05, 3.63) is 44.1 Å². The van der Waals surface area contributed by atoms with Gasteiger partial charge in [-0.1, -0.05) is 11.6 Å². The van der Waals surface area contributed by atoms with Crippen molar-refractivity contribution in [1.82, 2.24) is 10.3 Å². The monoisotopic (exact) mass is 434 g/mol. The number of hydrogen-bond donors (Lipinski definition) is 4. The van der Waals surface area contributed by atoms with Crippen molar-refractivity contribution in [2.24, 2.45) is 4.99 Å². The van der Waals surface area contributed by atoms with Gasteiger partial charge in [-0.2, -0.15) is 10.5 Å². The molecule has 26 heavy (non-hydrogen) atoms. The molecule has 0 radical (unpaired) electrons. The maximum atomic E-state index is 14.1. The summed E-state index contributed by atoms with van der Waals surface area (Å²) in [4.78, 5) is 8.45. The topological polar surface area (TPSA) is 149 Å². The van der Waals surface area contributed by atoms with Gasteiger partial charge in [0.2, 0.25) is 5.96 Å². The fourth-order valence-corrected chi connectivity index (χ4v) is 3.12. The second kappa shape index (κ2) is 6.67. The number of benzene rings is 1. The smallest absolute Gasteiger partial charge is 0.211 e. The van der Waals surface area contributed by atoms with Gasteiger partial charge in [0.1, 0.15) is 35.1 Å². The molecule has 1 atom stereocenters. The number of hydrogen-bond acceptors (Lipinski definition) is 8. The summed E-state index contributed by atoms with van der Waals surface area (Å²) in [6.45, 7) is 0. The number of nitrogens with two attached hydrogens (primary N) is 2. The summed E-state index contributed by atoms with van der Waals surface area (Å²) in [5.41, 5.74) is 12.7. The van der Waals surface area contributed by atoms with Gasteiger partial charge in [-0.05, 0) is 33.6 Å². The highest BCUT2D eigenvalue weighted by Gasteiger charge is 2.30. The molecule has 0 amide bonds. The van der Waals surface area contributed by atoms with E-state index in [4.69, 9.17) is 28.3 Å². The van der Waals surface area contributed by atoms with Crippen molar-refractivity contribution in [3.8, 4) is 12.3 Å². The molecule has 0 fully saturated rings. The summed E-state index contributed by atoms with van der Waals surface area (Å²) in [6.07, 6.45) is 1.73. The van der Waals surface area contributed by atoms with Crippen molar-refractivity contribution < 1.29 is 4.39 Å². The molecule has 3 rings (SSSR count). The Labute approximate surface area is 160 Å². The average Bonchev–Trinajstić information content (AvgIpc) is 2.59. The Morgan fingerprint density at radius 3 is 2.69 bits per heavy atom. The quantitative estimate of drug-likeness (QED) is 0.305. The third-order valence-corrected chi connectivity index (χ3v) is 4.92.